The lowest BCUT2D eigenvalue weighted by Gasteiger charge is -2.38. The summed E-state index contributed by atoms with van der Waals surface area (Å²) < 4.78 is 0. The number of nitrogens with one attached hydrogen (secondary N) is 2. The van der Waals surface area contributed by atoms with Gasteiger partial charge in [0, 0.05) is 23.7 Å². The van der Waals surface area contributed by atoms with Gasteiger partial charge in [0.2, 0.25) is 11.8 Å². The second-order valence-electron chi connectivity index (χ2n) is 9.60. The molecule has 7 rings (SSSR count). The van der Waals surface area contributed by atoms with Crippen LogP contribution in [0.4, 0.5) is 10.5 Å². The summed E-state index contributed by atoms with van der Waals surface area (Å²) in [5, 5.41) is 6.69. The van der Waals surface area contributed by atoms with Crippen LogP contribution in [0.1, 0.15) is 18.4 Å². The maximum absolute atomic E-state index is 13.6. The Kier molecular flexibility index (Phi) is 5.32. The lowest BCUT2D eigenvalue weighted by Crippen LogP contribution is -2.53. The van der Waals surface area contributed by atoms with Gasteiger partial charge in [-0.2, -0.15) is 0 Å². The van der Waals surface area contributed by atoms with Gasteiger partial charge in [0.1, 0.15) is 6.17 Å². The van der Waals surface area contributed by atoms with Crippen molar-refractivity contribution in [1.29, 1.82) is 0 Å². The van der Waals surface area contributed by atoms with E-state index in [1.165, 1.54) is 4.90 Å². The molecule has 3 aromatic rings. The number of allylic oxidation sites excluding steroid dienone is 2. The molecule has 1 saturated carbocycles. The molecule has 4 amide bonds. The number of hydrogen-bond acceptors (Lipinski definition) is 4. The average Bonchev–Trinajstić information content (AvgIpc) is 3.17. The van der Waals surface area contributed by atoms with Crippen LogP contribution in [0, 0.1) is 23.7 Å². The molecule has 5 atom stereocenters. The Labute approximate surface area is 203 Å². The lowest BCUT2D eigenvalue weighted by atomic mass is 9.63. The van der Waals surface area contributed by atoms with Crippen LogP contribution >= 0.6 is 0 Å². The molecule has 35 heavy (non-hydrogen) atoms. The summed E-state index contributed by atoms with van der Waals surface area (Å²) in [6.45, 7) is 0. The van der Waals surface area contributed by atoms with Gasteiger partial charge >= 0.3 is 6.03 Å². The van der Waals surface area contributed by atoms with Crippen LogP contribution in [0.15, 0.2) is 79.0 Å². The Morgan fingerprint density at radius 2 is 1.66 bits per heavy atom. The number of carbonyl (C=O) groups is 3. The molecule has 2 bridgehead atoms. The van der Waals surface area contributed by atoms with E-state index in [0.29, 0.717) is 12.1 Å². The molecule has 1 aliphatic heterocycles. The molecule has 0 unspecified atom stereocenters. The normalized spacial score (nSPS) is 25.5. The van der Waals surface area contributed by atoms with Gasteiger partial charge in [-0.05, 0) is 54.5 Å². The Morgan fingerprint density at radius 3 is 2.34 bits per heavy atom. The third kappa shape index (κ3) is 3.87. The first kappa shape index (κ1) is 21.5. The van der Waals surface area contributed by atoms with E-state index in [2.05, 4.69) is 27.8 Å². The number of nitrogens with zero attached hydrogens (tertiary/aromatic N) is 2. The number of imide groups is 1. The van der Waals surface area contributed by atoms with Crippen molar-refractivity contribution in [1.82, 2.24) is 15.2 Å². The van der Waals surface area contributed by atoms with E-state index in [-0.39, 0.29) is 35.5 Å². The first-order valence-electron chi connectivity index (χ1n) is 12.1. The number of pyridine rings is 1. The zero-order valence-corrected chi connectivity index (χ0v) is 19.1. The third-order valence-electron chi connectivity index (χ3n) is 7.54. The van der Waals surface area contributed by atoms with Crippen LogP contribution in [0.2, 0.25) is 0 Å². The number of hydrogen-bond donors (Lipinski definition) is 2. The van der Waals surface area contributed by atoms with Crippen LogP contribution in [-0.2, 0) is 16.0 Å². The minimum atomic E-state index is -0.774. The highest BCUT2D eigenvalue weighted by atomic mass is 16.2. The second kappa shape index (κ2) is 8.65. The van der Waals surface area contributed by atoms with Crippen LogP contribution in [0.3, 0.4) is 0 Å². The van der Waals surface area contributed by atoms with E-state index >= 15 is 0 Å². The number of aromatic nitrogens is 1. The number of benzene rings is 2. The minimum Gasteiger partial charge on any atom is -0.317 e. The van der Waals surface area contributed by atoms with Gasteiger partial charge in [-0.1, -0.05) is 48.6 Å². The summed E-state index contributed by atoms with van der Waals surface area (Å²) >= 11 is 0. The Balaban J connectivity index is 1.26. The van der Waals surface area contributed by atoms with Crippen molar-refractivity contribution in [3.05, 3.63) is 84.6 Å². The van der Waals surface area contributed by atoms with Gasteiger partial charge < -0.3 is 10.6 Å². The smallest absolute Gasteiger partial charge is 0.317 e. The van der Waals surface area contributed by atoms with E-state index < -0.39 is 12.2 Å². The van der Waals surface area contributed by atoms with Crippen molar-refractivity contribution < 1.29 is 14.4 Å². The molecule has 176 valence electrons. The standard InChI is InChI=1S/C28H26N4O3/c33-26-24-18-8-9-19(11-10-18)25(24)27(34)32(26)23(15-17-5-2-1-3-6-17)31-28(35)30-21-12-13-22-20(16-21)7-4-14-29-22/h1-9,12-14,16,18-19,23-25H,10-11,15H2,(H2,30,31,35)/t18-,19-,23-,24+,25+/m0/s1. The number of rotatable bonds is 5. The summed E-state index contributed by atoms with van der Waals surface area (Å²) in [5.74, 6) is -0.772. The summed E-state index contributed by atoms with van der Waals surface area (Å²) in [5.41, 5.74) is 2.38. The van der Waals surface area contributed by atoms with Crippen molar-refractivity contribution in [3.8, 4) is 0 Å². The Morgan fingerprint density at radius 1 is 0.943 bits per heavy atom. The molecular weight excluding hydrogens is 440 g/mol. The Bertz CT molecular complexity index is 1310. The monoisotopic (exact) mass is 466 g/mol. The molecule has 0 spiro atoms. The van der Waals surface area contributed by atoms with Gasteiger partial charge in [-0.25, -0.2) is 4.79 Å². The zero-order chi connectivity index (χ0) is 23.9. The molecule has 2 fully saturated rings. The number of anilines is 1. The third-order valence-corrected chi connectivity index (χ3v) is 7.54. The molecule has 2 aromatic carbocycles. The predicted molar refractivity (Wildman–Crippen MR) is 132 cm³/mol. The van der Waals surface area contributed by atoms with Gasteiger partial charge in [0.05, 0.1) is 17.4 Å². The maximum Gasteiger partial charge on any atom is 0.320 e. The fourth-order valence-electron chi connectivity index (χ4n) is 5.92. The van der Waals surface area contributed by atoms with Crippen molar-refractivity contribution in [3.63, 3.8) is 0 Å². The van der Waals surface area contributed by atoms with E-state index in [1.54, 1.807) is 12.3 Å². The van der Waals surface area contributed by atoms with E-state index in [1.807, 2.05) is 54.6 Å². The number of carbonyl (C=O) groups excluding carboxylic acids is 3. The number of likely N-dealkylation sites (tertiary alicyclic amines) is 1. The highest BCUT2D eigenvalue weighted by Gasteiger charge is 2.58. The van der Waals surface area contributed by atoms with E-state index in [0.717, 1.165) is 29.3 Å². The largest absolute Gasteiger partial charge is 0.320 e. The van der Waals surface area contributed by atoms with Gasteiger partial charge in [0.15, 0.2) is 0 Å². The van der Waals surface area contributed by atoms with Crippen LogP contribution in [0.5, 0.6) is 0 Å². The van der Waals surface area contributed by atoms with Crippen LogP contribution < -0.4 is 10.6 Å². The number of fused-ring (bicyclic) bond motifs is 2. The van der Waals surface area contributed by atoms with Crippen LogP contribution in [-0.4, -0.2) is 33.9 Å². The second-order valence-corrected chi connectivity index (χ2v) is 9.60. The molecule has 7 heteroatoms. The summed E-state index contributed by atoms with van der Waals surface area (Å²) in [6.07, 6.45) is 7.36. The van der Waals surface area contributed by atoms with Crippen molar-refractivity contribution >= 4 is 34.4 Å². The molecule has 1 saturated heterocycles. The highest BCUT2D eigenvalue weighted by Crippen LogP contribution is 2.50. The molecule has 2 heterocycles. The van der Waals surface area contributed by atoms with Crippen molar-refractivity contribution in [2.45, 2.75) is 25.4 Å². The molecule has 1 aromatic heterocycles. The fraction of sp³-hybridized carbons (Fsp3) is 0.286. The van der Waals surface area contributed by atoms with Crippen LogP contribution in [0.25, 0.3) is 10.9 Å². The molecule has 3 aliphatic carbocycles. The van der Waals surface area contributed by atoms with Crippen molar-refractivity contribution in [2.75, 3.05) is 5.32 Å². The SMILES string of the molecule is O=C(Nc1ccc2ncccc2c1)N[C@H](Cc1ccccc1)N1C(=O)[C@H]2[C@H](C1=O)[C@H]1C=C[C@H]2CC1. The summed E-state index contributed by atoms with van der Waals surface area (Å²) in [4.78, 5) is 45.8. The van der Waals surface area contributed by atoms with E-state index in [4.69, 9.17) is 0 Å². The zero-order valence-electron chi connectivity index (χ0n) is 19.1. The topological polar surface area (TPSA) is 91.4 Å². The first-order chi connectivity index (χ1) is 17.1. The maximum atomic E-state index is 13.6. The first-order valence-corrected chi connectivity index (χ1v) is 12.1. The highest BCUT2D eigenvalue weighted by molar-refractivity contribution is 6.06. The number of urea groups is 1. The lowest BCUT2D eigenvalue weighted by molar-refractivity contribution is -0.143. The van der Waals surface area contributed by atoms with Gasteiger partial charge in [-0.15, -0.1) is 0 Å². The van der Waals surface area contributed by atoms with Gasteiger partial charge in [0.25, 0.3) is 0 Å². The molecule has 0 radical (unpaired) electrons. The minimum absolute atomic E-state index is 0.101. The molecule has 7 nitrogen and oxygen atoms in total. The van der Waals surface area contributed by atoms with E-state index in [9.17, 15) is 14.4 Å². The van der Waals surface area contributed by atoms with Gasteiger partial charge in [-0.3, -0.25) is 19.5 Å². The fourth-order valence-corrected chi connectivity index (χ4v) is 5.92. The quantitative estimate of drug-likeness (QED) is 0.437. The Hall–Kier alpha value is -4.00. The van der Waals surface area contributed by atoms with Crippen molar-refractivity contribution in [2.24, 2.45) is 23.7 Å². The predicted octanol–water partition coefficient (Wildman–Crippen LogP) is 4.12. The molecular formula is C28H26N4O3. The number of amides is 4. The summed E-state index contributed by atoms with van der Waals surface area (Å²) in [7, 11) is 0. The summed E-state index contributed by atoms with van der Waals surface area (Å²) in [6, 6.07) is 18.4. The molecule has 4 aliphatic rings. The average molecular weight is 467 g/mol. The molecule has 2 N–H and O–H groups in total.